The van der Waals surface area contributed by atoms with Gasteiger partial charge in [0, 0.05) is 37.2 Å². The van der Waals surface area contributed by atoms with Gasteiger partial charge in [-0.1, -0.05) is 30.3 Å². The van der Waals surface area contributed by atoms with Gasteiger partial charge in [0.25, 0.3) is 0 Å². The quantitative estimate of drug-likeness (QED) is 0.739. The van der Waals surface area contributed by atoms with Gasteiger partial charge in [0.05, 0.1) is 5.69 Å². The van der Waals surface area contributed by atoms with Gasteiger partial charge in [-0.05, 0) is 36.8 Å². The highest BCUT2D eigenvalue weighted by Crippen LogP contribution is 2.23. The molecular formula is C20H21FN2O3S. The van der Waals surface area contributed by atoms with Gasteiger partial charge >= 0.3 is 0 Å². The van der Waals surface area contributed by atoms with Crippen LogP contribution < -0.4 is 4.90 Å². The first-order valence-corrected chi connectivity index (χ1v) is 10.2. The number of piperazine rings is 1. The molecular weight excluding hydrogens is 367 g/mol. The summed E-state index contributed by atoms with van der Waals surface area (Å²) in [5.41, 5.74) is 1.52. The molecule has 1 saturated heterocycles. The van der Waals surface area contributed by atoms with Crippen molar-refractivity contribution in [2.75, 3.05) is 31.1 Å². The molecule has 1 heterocycles. The first-order valence-electron chi connectivity index (χ1n) is 8.65. The van der Waals surface area contributed by atoms with E-state index in [-0.39, 0.29) is 18.9 Å². The molecule has 0 atom stereocenters. The summed E-state index contributed by atoms with van der Waals surface area (Å²) in [7, 11) is -3.53. The summed E-state index contributed by atoms with van der Waals surface area (Å²) in [6.45, 7) is 2.70. The van der Waals surface area contributed by atoms with Crippen molar-refractivity contribution in [1.82, 2.24) is 4.31 Å². The minimum absolute atomic E-state index is 0.193. The Kier molecular flexibility index (Phi) is 5.72. The summed E-state index contributed by atoms with van der Waals surface area (Å²) in [5.74, 6) is -0.662. The Morgan fingerprint density at radius 2 is 1.70 bits per heavy atom. The lowest BCUT2D eigenvalue weighted by Gasteiger charge is -2.35. The topological polar surface area (TPSA) is 57.7 Å². The minimum Gasteiger partial charge on any atom is -0.367 e. The van der Waals surface area contributed by atoms with Crippen LogP contribution in [-0.2, 0) is 10.0 Å². The maximum Gasteiger partial charge on any atom is 0.236 e. The molecule has 0 aromatic heterocycles. The number of anilines is 1. The Labute approximate surface area is 158 Å². The summed E-state index contributed by atoms with van der Waals surface area (Å²) in [6, 6.07) is 13.6. The number of Topliss-reactive ketones (excluding diaryl/α,β-unsaturated/α-hetero) is 1. The molecule has 0 unspecified atom stereocenters. The standard InChI is InChI=1S/C20H21FN2O3S/c1-16(24)18-7-8-20(19(21)15-18)22-10-12-23(13-11-22)27(25,26)14-9-17-5-3-2-4-6-17/h2-9,14-15H,10-13H2,1H3/b14-9+. The van der Waals surface area contributed by atoms with Crippen molar-refractivity contribution in [3.8, 4) is 0 Å². The van der Waals surface area contributed by atoms with E-state index < -0.39 is 15.8 Å². The predicted molar refractivity (Wildman–Crippen MR) is 105 cm³/mol. The van der Waals surface area contributed by atoms with Gasteiger partial charge in [0.2, 0.25) is 10.0 Å². The van der Waals surface area contributed by atoms with E-state index in [1.807, 2.05) is 30.3 Å². The number of hydrogen-bond acceptors (Lipinski definition) is 4. The van der Waals surface area contributed by atoms with Crippen molar-refractivity contribution in [1.29, 1.82) is 0 Å². The number of benzene rings is 2. The monoisotopic (exact) mass is 388 g/mol. The fraction of sp³-hybridized carbons (Fsp3) is 0.250. The Morgan fingerprint density at radius 1 is 1.04 bits per heavy atom. The lowest BCUT2D eigenvalue weighted by atomic mass is 10.1. The molecule has 1 fully saturated rings. The zero-order valence-corrected chi connectivity index (χ0v) is 15.8. The maximum absolute atomic E-state index is 14.3. The number of carbonyl (C=O) groups excluding carboxylic acids is 1. The third kappa shape index (κ3) is 4.61. The SMILES string of the molecule is CC(=O)c1ccc(N2CCN(S(=O)(=O)/C=C/c3ccccc3)CC2)c(F)c1. The van der Waals surface area contributed by atoms with Gasteiger partial charge in [0.15, 0.2) is 5.78 Å². The van der Waals surface area contributed by atoms with Gasteiger partial charge in [-0.15, -0.1) is 0 Å². The molecule has 0 bridgehead atoms. The summed E-state index contributed by atoms with van der Waals surface area (Å²) in [4.78, 5) is 13.1. The Balaban J connectivity index is 1.66. The van der Waals surface area contributed by atoms with Gasteiger partial charge in [0.1, 0.15) is 5.82 Å². The molecule has 2 aromatic rings. The Hall–Kier alpha value is -2.51. The molecule has 3 rings (SSSR count). The zero-order valence-electron chi connectivity index (χ0n) is 15.0. The largest absolute Gasteiger partial charge is 0.367 e. The zero-order chi connectivity index (χ0) is 19.4. The number of nitrogens with zero attached hydrogens (tertiary/aromatic N) is 2. The number of sulfonamides is 1. The minimum atomic E-state index is -3.53. The van der Waals surface area contributed by atoms with Gasteiger partial charge in [-0.3, -0.25) is 4.79 Å². The summed E-state index contributed by atoms with van der Waals surface area (Å²) in [5, 5.41) is 1.21. The summed E-state index contributed by atoms with van der Waals surface area (Å²) in [6.07, 6.45) is 1.57. The van der Waals surface area contributed by atoms with E-state index in [4.69, 9.17) is 0 Å². The van der Waals surface area contributed by atoms with Crippen LogP contribution in [0.15, 0.2) is 53.9 Å². The van der Waals surface area contributed by atoms with Gasteiger partial charge in [-0.2, -0.15) is 4.31 Å². The highest BCUT2D eigenvalue weighted by Gasteiger charge is 2.26. The molecule has 7 heteroatoms. The van der Waals surface area contributed by atoms with Crippen molar-refractivity contribution in [3.05, 3.63) is 70.9 Å². The van der Waals surface area contributed by atoms with Crippen LogP contribution in [0.3, 0.4) is 0 Å². The van der Waals surface area contributed by atoms with E-state index in [9.17, 15) is 17.6 Å². The fourth-order valence-electron chi connectivity index (χ4n) is 2.98. The van der Waals surface area contributed by atoms with Gasteiger partial charge in [-0.25, -0.2) is 12.8 Å². The molecule has 0 radical (unpaired) electrons. The third-order valence-electron chi connectivity index (χ3n) is 4.53. The number of halogens is 1. The van der Waals surface area contributed by atoms with Crippen molar-refractivity contribution in [2.24, 2.45) is 0 Å². The molecule has 1 aliphatic heterocycles. The predicted octanol–water partition coefficient (Wildman–Crippen LogP) is 3.15. The summed E-state index contributed by atoms with van der Waals surface area (Å²) >= 11 is 0. The highest BCUT2D eigenvalue weighted by molar-refractivity contribution is 7.92. The normalized spacial score (nSPS) is 16.0. The second kappa shape index (κ2) is 8.02. The van der Waals surface area contributed by atoms with E-state index >= 15 is 0 Å². The average Bonchev–Trinajstić information content (AvgIpc) is 2.67. The second-order valence-corrected chi connectivity index (χ2v) is 8.19. The highest BCUT2D eigenvalue weighted by atomic mass is 32.2. The second-order valence-electron chi connectivity index (χ2n) is 6.37. The van der Waals surface area contributed by atoms with E-state index in [1.165, 1.54) is 22.7 Å². The van der Waals surface area contributed by atoms with Crippen LogP contribution in [-0.4, -0.2) is 44.7 Å². The van der Waals surface area contributed by atoms with Crippen molar-refractivity contribution in [2.45, 2.75) is 6.92 Å². The molecule has 0 aliphatic carbocycles. The van der Waals surface area contributed by atoms with Crippen molar-refractivity contribution in [3.63, 3.8) is 0 Å². The molecule has 27 heavy (non-hydrogen) atoms. The molecule has 0 spiro atoms. The molecule has 0 saturated carbocycles. The molecule has 1 aliphatic rings. The fourth-order valence-corrected chi connectivity index (χ4v) is 4.15. The lowest BCUT2D eigenvalue weighted by Crippen LogP contribution is -2.48. The maximum atomic E-state index is 14.3. The first-order chi connectivity index (χ1) is 12.9. The lowest BCUT2D eigenvalue weighted by molar-refractivity contribution is 0.101. The third-order valence-corrected chi connectivity index (χ3v) is 6.09. The van der Waals surface area contributed by atoms with Crippen molar-refractivity contribution < 1.29 is 17.6 Å². The number of carbonyl (C=O) groups is 1. The van der Waals surface area contributed by atoms with E-state index in [2.05, 4.69) is 0 Å². The van der Waals surface area contributed by atoms with Crippen LogP contribution in [0, 0.1) is 5.82 Å². The van der Waals surface area contributed by atoms with Crippen molar-refractivity contribution >= 4 is 27.6 Å². The first kappa shape index (κ1) is 19.3. The Bertz CT molecular complexity index is 950. The van der Waals surface area contributed by atoms with Crippen LogP contribution in [0.4, 0.5) is 10.1 Å². The smallest absolute Gasteiger partial charge is 0.236 e. The molecule has 142 valence electrons. The molecule has 5 nitrogen and oxygen atoms in total. The average molecular weight is 388 g/mol. The van der Waals surface area contributed by atoms with Crippen LogP contribution in [0.1, 0.15) is 22.8 Å². The molecule has 0 N–H and O–H groups in total. The van der Waals surface area contributed by atoms with Crippen LogP contribution in [0.2, 0.25) is 0 Å². The van der Waals surface area contributed by atoms with Crippen LogP contribution in [0.5, 0.6) is 0 Å². The van der Waals surface area contributed by atoms with Gasteiger partial charge < -0.3 is 4.90 Å². The number of ketones is 1. The van der Waals surface area contributed by atoms with Crippen LogP contribution >= 0.6 is 0 Å². The van der Waals surface area contributed by atoms with E-state index in [0.717, 1.165) is 5.56 Å². The number of hydrogen-bond donors (Lipinski definition) is 0. The van der Waals surface area contributed by atoms with Crippen LogP contribution in [0.25, 0.3) is 6.08 Å². The summed E-state index contributed by atoms with van der Waals surface area (Å²) < 4.78 is 40.7. The van der Waals surface area contributed by atoms with E-state index in [0.29, 0.717) is 24.3 Å². The molecule has 2 aromatic carbocycles. The number of rotatable bonds is 5. The Morgan fingerprint density at radius 3 is 2.30 bits per heavy atom. The molecule has 0 amide bonds. The van der Waals surface area contributed by atoms with E-state index in [1.54, 1.807) is 23.1 Å².